The van der Waals surface area contributed by atoms with Crippen LogP contribution >= 0.6 is 0 Å². The van der Waals surface area contributed by atoms with E-state index in [1.54, 1.807) is 4.90 Å². The number of rotatable bonds is 5. The molecule has 0 atom stereocenters. The van der Waals surface area contributed by atoms with Crippen molar-refractivity contribution in [1.29, 1.82) is 0 Å². The fourth-order valence-corrected chi connectivity index (χ4v) is 0.646. The zero-order chi connectivity index (χ0) is 9.56. The molecule has 4 heteroatoms. The lowest BCUT2D eigenvalue weighted by molar-refractivity contribution is -0.144. The van der Waals surface area contributed by atoms with Crippen molar-refractivity contribution in [2.24, 2.45) is 0 Å². The second-order valence-electron chi connectivity index (χ2n) is 3.26. The first kappa shape index (κ1) is 11.4. The predicted octanol–water partition coefficient (Wildman–Crippen LogP) is -0.347. The Morgan fingerprint density at radius 2 is 1.75 bits per heavy atom. The van der Waals surface area contributed by atoms with Crippen molar-refractivity contribution in [1.82, 2.24) is 9.80 Å². The van der Waals surface area contributed by atoms with Crippen molar-refractivity contribution >= 4 is 5.97 Å². The molecule has 72 valence electrons. The maximum atomic E-state index is 11.0. The van der Waals surface area contributed by atoms with E-state index in [2.05, 4.69) is 0 Å². The summed E-state index contributed by atoms with van der Waals surface area (Å²) in [4.78, 5) is 14.7. The Labute approximate surface area is 74.1 Å². The molecular weight excluding hydrogens is 156 g/mol. The second-order valence-corrected chi connectivity index (χ2v) is 3.26. The molecule has 4 nitrogen and oxygen atoms in total. The van der Waals surface area contributed by atoms with Gasteiger partial charge in [0.05, 0.1) is 6.54 Å². The fraction of sp³-hybridized carbons (Fsp3) is 0.875. The number of nitrogens with zero attached hydrogens (tertiary/aromatic N) is 2. The highest BCUT2D eigenvalue weighted by atomic mass is 16.5. The Morgan fingerprint density at radius 1 is 1.17 bits per heavy atom. The van der Waals surface area contributed by atoms with E-state index in [1.165, 1.54) is 0 Å². The summed E-state index contributed by atoms with van der Waals surface area (Å²) < 4.78 is 4.94. The largest absolute Gasteiger partial charge is 0.463 e. The third-order valence-electron chi connectivity index (χ3n) is 1.25. The summed E-state index contributed by atoms with van der Waals surface area (Å²) in [6.45, 7) is 1.60. The number of ether oxygens (including phenoxy) is 1. The average Bonchev–Trinajstić information content (AvgIpc) is 1.84. The van der Waals surface area contributed by atoms with Gasteiger partial charge in [-0.25, -0.2) is 0 Å². The second kappa shape index (κ2) is 5.97. The van der Waals surface area contributed by atoms with Crippen molar-refractivity contribution in [3.63, 3.8) is 0 Å². The maximum absolute atomic E-state index is 11.0. The topological polar surface area (TPSA) is 32.8 Å². The maximum Gasteiger partial charge on any atom is 0.320 e. The molecule has 0 aromatic rings. The normalized spacial score (nSPS) is 10.8. The van der Waals surface area contributed by atoms with Crippen LogP contribution in [-0.4, -0.2) is 63.7 Å². The molecule has 0 amide bonds. The zero-order valence-electron chi connectivity index (χ0n) is 8.33. The van der Waals surface area contributed by atoms with Crippen LogP contribution in [0.2, 0.25) is 0 Å². The van der Waals surface area contributed by atoms with Crippen molar-refractivity contribution in [3.8, 4) is 0 Å². The highest BCUT2D eigenvalue weighted by Gasteiger charge is 2.03. The average molecular weight is 174 g/mol. The summed E-state index contributed by atoms with van der Waals surface area (Å²) in [5.41, 5.74) is 0. The van der Waals surface area contributed by atoms with E-state index in [9.17, 15) is 4.79 Å². The molecule has 12 heavy (non-hydrogen) atoms. The molecule has 0 saturated carbocycles. The van der Waals surface area contributed by atoms with E-state index >= 15 is 0 Å². The van der Waals surface area contributed by atoms with Gasteiger partial charge in [-0.3, -0.25) is 9.69 Å². The Bertz CT molecular complexity index is 135. The van der Waals surface area contributed by atoms with Gasteiger partial charge < -0.3 is 9.64 Å². The van der Waals surface area contributed by atoms with Crippen LogP contribution in [-0.2, 0) is 9.53 Å². The number of likely N-dealkylation sites (N-methyl/N-ethyl adjacent to an activating group) is 2. The Hall–Kier alpha value is -0.610. The van der Waals surface area contributed by atoms with Crippen LogP contribution < -0.4 is 0 Å². The minimum Gasteiger partial charge on any atom is -0.463 e. The van der Waals surface area contributed by atoms with Crippen LogP contribution in [0.5, 0.6) is 0 Å². The van der Waals surface area contributed by atoms with Gasteiger partial charge >= 0.3 is 5.97 Å². The van der Waals surface area contributed by atoms with Crippen LogP contribution in [0.1, 0.15) is 0 Å². The van der Waals surface area contributed by atoms with Gasteiger partial charge in [0.25, 0.3) is 0 Å². The van der Waals surface area contributed by atoms with Crippen molar-refractivity contribution in [2.75, 3.05) is 47.9 Å². The molecule has 0 aliphatic carbocycles. The van der Waals surface area contributed by atoms with Crippen molar-refractivity contribution in [2.45, 2.75) is 0 Å². The highest BCUT2D eigenvalue weighted by Crippen LogP contribution is 1.83. The van der Waals surface area contributed by atoms with Gasteiger partial charge in [-0.1, -0.05) is 0 Å². The van der Waals surface area contributed by atoms with Gasteiger partial charge in [0.1, 0.15) is 6.61 Å². The van der Waals surface area contributed by atoms with Crippen LogP contribution in [0.15, 0.2) is 0 Å². The Morgan fingerprint density at radius 3 is 2.17 bits per heavy atom. The van der Waals surface area contributed by atoms with Crippen molar-refractivity contribution in [3.05, 3.63) is 0 Å². The van der Waals surface area contributed by atoms with Crippen molar-refractivity contribution < 1.29 is 9.53 Å². The van der Waals surface area contributed by atoms with Crippen LogP contribution in [0.3, 0.4) is 0 Å². The first-order valence-corrected chi connectivity index (χ1v) is 3.97. The van der Waals surface area contributed by atoms with E-state index in [4.69, 9.17) is 4.74 Å². The number of esters is 1. The zero-order valence-corrected chi connectivity index (χ0v) is 8.33. The smallest absolute Gasteiger partial charge is 0.320 e. The van der Waals surface area contributed by atoms with E-state index in [1.807, 2.05) is 33.1 Å². The monoisotopic (exact) mass is 174 g/mol. The molecule has 0 spiro atoms. The minimum absolute atomic E-state index is 0.165. The third kappa shape index (κ3) is 7.50. The van der Waals surface area contributed by atoms with E-state index < -0.39 is 0 Å². The lowest BCUT2D eigenvalue weighted by atomic mass is 10.6. The molecule has 0 aliphatic heterocycles. The summed E-state index contributed by atoms with van der Waals surface area (Å²) in [7, 11) is 7.57. The quantitative estimate of drug-likeness (QED) is 0.533. The van der Waals surface area contributed by atoms with E-state index in [0.717, 1.165) is 6.54 Å². The van der Waals surface area contributed by atoms with E-state index in [0.29, 0.717) is 13.2 Å². The number of carbonyl (C=O) groups is 1. The van der Waals surface area contributed by atoms with Gasteiger partial charge in [-0.2, -0.15) is 0 Å². The SMILES string of the molecule is CN(C)CCOC(=O)CN(C)C. The molecule has 0 heterocycles. The van der Waals surface area contributed by atoms with Gasteiger partial charge in [0.2, 0.25) is 0 Å². The summed E-state index contributed by atoms with van der Waals surface area (Å²) >= 11 is 0. The fourth-order valence-electron chi connectivity index (χ4n) is 0.646. The standard InChI is InChI=1S/C8H18N2O2/c1-9(2)5-6-12-8(11)7-10(3)4/h5-7H2,1-4H3. The minimum atomic E-state index is -0.165. The lowest BCUT2D eigenvalue weighted by Crippen LogP contribution is -2.26. The molecule has 0 saturated heterocycles. The van der Waals surface area contributed by atoms with E-state index in [-0.39, 0.29) is 5.97 Å². The molecule has 0 N–H and O–H groups in total. The molecule has 0 radical (unpaired) electrons. The summed E-state index contributed by atoms with van der Waals surface area (Å²) in [5.74, 6) is -0.165. The number of hydrogen-bond donors (Lipinski definition) is 0. The van der Waals surface area contributed by atoms with Gasteiger partial charge in [-0.05, 0) is 28.2 Å². The molecule has 0 aromatic heterocycles. The third-order valence-corrected chi connectivity index (χ3v) is 1.25. The van der Waals surface area contributed by atoms with Gasteiger partial charge in [0.15, 0.2) is 0 Å². The molecule has 0 fully saturated rings. The number of carbonyl (C=O) groups excluding carboxylic acids is 1. The lowest BCUT2D eigenvalue weighted by Gasteiger charge is -2.11. The van der Waals surface area contributed by atoms with Gasteiger partial charge in [-0.15, -0.1) is 0 Å². The Balaban J connectivity index is 3.32. The highest BCUT2D eigenvalue weighted by molar-refractivity contribution is 5.71. The molecule has 0 rings (SSSR count). The number of hydrogen-bond acceptors (Lipinski definition) is 4. The first-order chi connectivity index (χ1) is 5.52. The molecular formula is C8H18N2O2. The predicted molar refractivity (Wildman–Crippen MR) is 48.1 cm³/mol. The molecule has 0 unspecified atom stereocenters. The summed E-state index contributed by atoms with van der Waals surface area (Å²) in [6.07, 6.45) is 0. The summed E-state index contributed by atoms with van der Waals surface area (Å²) in [6, 6.07) is 0. The molecule has 0 aliphatic rings. The van der Waals surface area contributed by atoms with Crippen LogP contribution in [0.4, 0.5) is 0 Å². The summed E-state index contributed by atoms with van der Waals surface area (Å²) in [5, 5.41) is 0. The first-order valence-electron chi connectivity index (χ1n) is 3.97. The Kier molecular flexibility index (Phi) is 5.66. The molecule has 0 aromatic carbocycles. The van der Waals surface area contributed by atoms with Gasteiger partial charge in [0, 0.05) is 6.54 Å². The van der Waals surface area contributed by atoms with Crippen LogP contribution in [0, 0.1) is 0 Å². The van der Waals surface area contributed by atoms with Crippen LogP contribution in [0.25, 0.3) is 0 Å². The molecule has 0 bridgehead atoms.